The van der Waals surface area contributed by atoms with Gasteiger partial charge in [-0.1, -0.05) is 0 Å². The van der Waals surface area contributed by atoms with E-state index in [0.717, 1.165) is 40.4 Å². The average molecular weight is 373 g/mol. The number of benzene rings is 1. The predicted octanol–water partition coefficient (Wildman–Crippen LogP) is 4.77. The Hall–Kier alpha value is -1.98. The number of nitrogens with zero attached hydrogens (tertiary/aromatic N) is 2. The summed E-state index contributed by atoms with van der Waals surface area (Å²) in [6, 6.07) is 14.4. The molecule has 2 heterocycles. The topological polar surface area (TPSA) is 36.3 Å². The Morgan fingerprint density at radius 3 is 2.54 bits per heavy atom. The van der Waals surface area contributed by atoms with Crippen LogP contribution >= 0.6 is 10.0 Å². The van der Waals surface area contributed by atoms with Gasteiger partial charge in [-0.25, -0.2) is 15.0 Å². The fourth-order valence-electron chi connectivity index (χ4n) is 2.81. The van der Waals surface area contributed by atoms with E-state index in [4.69, 9.17) is 9.47 Å². The highest BCUT2D eigenvalue weighted by molar-refractivity contribution is 8.32. The van der Waals surface area contributed by atoms with Crippen LogP contribution in [-0.2, 0) is 11.5 Å². The highest BCUT2D eigenvalue weighted by atomic mass is 32.3. The first-order chi connectivity index (χ1) is 12.5. The Balaban J connectivity index is 1.86. The van der Waals surface area contributed by atoms with Crippen LogP contribution in [0, 0.1) is 0 Å². The molecule has 0 radical (unpaired) electrons. The molecule has 2 aromatic heterocycles. The van der Waals surface area contributed by atoms with E-state index < -0.39 is 10.0 Å². The summed E-state index contributed by atoms with van der Waals surface area (Å²) in [6.45, 7) is 3.95. The van der Waals surface area contributed by atoms with Gasteiger partial charge in [0, 0.05) is 17.3 Å². The zero-order valence-corrected chi connectivity index (χ0v) is 16.9. The van der Waals surface area contributed by atoms with Gasteiger partial charge in [0.05, 0.1) is 18.9 Å². The first kappa shape index (κ1) is 18.8. The number of hydrogen-bond acceptors (Lipinski definition) is 3. The molecule has 0 saturated carbocycles. The van der Waals surface area contributed by atoms with Crippen molar-refractivity contribution in [3.63, 3.8) is 0 Å². The van der Waals surface area contributed by atoms with Crippen LogP contribution < -0.4 is 4.74 Å². The van der Waals surface area contributed by atoms with Gasteiger partial charge in [-0.15, -0.1) is 0 Å². The molecule has 5 heteroatoms. The molecule has 0 bridgehead atoms. The lowest BCUT2D eigenvalue weighted by Gasteiger charge is -2.24. The maximum atomic E-state index is 6.01. The number of hydrogen-bond donors (Lipinski definition) is 0. The Morgan fingerprint density at radius 2 is 1.85 bits per heavy atom. The molecule has 0 saturated heterocycles. The quantitative estimate of drug-likeness (QED) is 0.534. The number of rotatable bonds is 8. The molecule has 0 aliphatic rings. The van der Waals surface area contributed by atoms with Crippen molar-refractivity contribution in [2.75, 3.05) is 37.7 Å². The summed E-state index contributed by atoms with van der Waals surface area (Å²) in [7, 11) is -0.544. The molecule has 0 N–H and O–H groups in total. The average Bonchev–Trinajstić information content (AvgIpc) is 2.97. The van der Waals surface area contributed by atoms with Gasteiger partial charge < -0.3 is 14.0 Å². The lowest BCUT2D eigenvalue weighted by atomic mass is 10.1. The van der Waals surface area contributed by atoms with E-state index in [2.05, 4.69) is 52.6 Å². The maximum absolute atomic E-state index is 6.01. The van der Waals surface area contributed by atoms with Gasteiger partial charge in [-0.2, -0.15) is 0 Å². The molecule has 0 unspecified atom stereocenters. The molecule has 0 atom stereocenters. The number of pyridine rings is 1. The molecule has 3 rings (SSSR count). The third-order valence-corrected chi connectivity index (χ3v) is 5.57. The van der Waals surface area contributed by atoms with E-state index in [-0.39, 0.29) is 0 Å². The van der Waals surface area contributed by atoms with Crippen LogP contribution in [-0.4, -0.2) is 47.3 Å². The fraction of sp³-hybridized carbons (Fsp3) is 0.381. The number of ether oxygens (including phenoxy) is 2. The van der Waals surface area contributed by atoms with E-state index in [9.17, 15) is 0 Å². The predicted molar refractivity (Wildman–Crippen MR) is 113 cm³/mol. The molecule has 0 amide bonds. The highest BCUT2D eigenvalue weighted by Gasteiger charge is 2.12. The van der Waals surface area contributed by atoms with E-state index in [1.807, 2.05) is 31.3 Å². The molecule has 0 aliphatic heterocycles. The van der Waals surface area contributed by atoms with Gasteiger partial charge in [0.25, 0.3) is 0 Å². The molecular formula is C21H28N2O2S. The molecule has 140 valence electrons. The van der Waals surface area contributed by atoms with Crippen molar-refractivity contribution in [3.05, 3.63) is 48.7 Å². The first-order valence-corrected chi connectivity index (χ1v) is 11.9. The highest BCUT2D eigenvalue weighted by Crippen LogP contribution is 2.34. The van der Waals surface area contributed by atoms with E-state index in [1.165, 1.54) is 0 Å². The first-order valence-electron chi connectivity index (χ1n) is 8.89. The van der Waals surface area contributed by atoms with Crippen LogP contribution in [0.15, 0.2) is 48.7 Å². The fourth-order valence-corrected chi connectivity index (χ4v) is 3.43. The van der Waals surface area contributed by atoms with Gasteiger partial charge >= 0.3 is 0 Å². The Bertz CT molecular complexity index is 851. The van der Waals surface area contributed by atoms with Crippen LogP contribution in [0.2, 0.25) is 0 Å². The normalized spacial score (nSPS) is 12.5. The third-order valence-electron chi connectivity index (χ3n) is 4.18. The van der Waals surface area contributed by atoms with Gasteiger partial charge in [0.2, 0.25) is 0 Å². The van der Waals surface area contributed by atoms with E-state index in [0.29, 0.717) is 13.3 Å². The Morgan fingerprint density at radius 1 is 1.08 bits per heavy atom. The minimum Gasteiger partial charge on any atom is -0.494 e. The minimum atomic E-state index is -0.544. The van der Waals surface area contributed by atoms with Gasteiger partial charge in [-0.3, -0.25) is 0 Å². The summed E-state index contributed by atoms with van der Waals surface area (Å²) in [6.07, 6.45) is 8.77. The van der Waals surface area contributed by atoms with Gasteiger partial charge in [-0.05, 0) is 73.7 Å². The van der Waals surface area contributed by atoms with Crippen molar-refractivity contribution in [1.29, 1.82) is 0 Å². The summed E-state index contributed by atoms with van der Waals surface area (Å²) >= 11 is 0. The maximum Gasteiger partial charge on any atom is 0.142 e. The standard InChI is InChI=1S/C21H28N2O2S/c1-5-25-19-10-8-17(9-11-19)20-15-18-7-6-12-22-21(18)23(20)16-24-13-14-26(2,3)4/h6-12,15H,5,13-14,16H2,1-4H3. The van der Waals surface area contributed by atoms with Crippen LogP contribution in [0.5, 0.6) is 5.75 Å². The molecule has 1 aromatic carbocycles. The van der Waals surface area contributed by atoms with Crippen molar-refractivity contribution >= 4 is 21.1 Å². The molecule has 0 aliphatic carbocycles. The molecule has 0 fully saturated rings. The molecule has 26 heavy (non-hydrogen) atoms. The second-order valence-electron chi connectivity index (χ2n) is 7.16. The third kappa shape index (κ3) is 4.59. The van der Waals surface area contributed by atoms with E-state index in [1.54, 1.807) is 0 Å². The Kier molecular flexibility index (Phi) is 5.89. The smallest absolute Gasteiger partial charge is 0.142 e. The number of aromatic nitrogens is 2. The van der Waals surface area contributed by atoms with Crippen molar-refractivity contribution in [3.8, 4) is 17.0 Å². The second kappa shape index (κ2) is 8.14. The number of fused-ring (bicyclic) bond motifs is 1. The summed E-state index contributed by atoms with van der Waals surface area (Å²) in [5, 5.41) is 1.13. The molecule has 4 nitrogen and oxygen atoms in total. The van der Waals surface area contributed by atoms with Crippen molar-refractivity contribution < 1.29 is 9.47 Å². The summed E-state index contributed by atoms with van der Waals surface area (Å²) in [5.41, 5.74) is 3.21. The lowest BCUT2D eigenvalue weighted by molar-refractivity contribution is 0.0934. The summed E-state index contributed by atoms with van der Waals surface area (Å²) in [5.74, 6) is 2.00. The largest absolute Gasteiger partial charge is 0.494 e. The van der Waals surface area contributed by atoms with Crippen LogP contribution in [0.25, 0.3) is 22.3 Å². The zero-order chi connectivity index (χ0) is 18.6. The van der Waals surface area contributed by atoms with Crippen molar-refractivity contribution in [2.45, 2.75) is 13.7 Å². The molecular weight excluding hydrogens is 344 g/mol. The monoisotopic (exact) mass is 372 g/mol. The van der Waals surface area contributed by atoms with Crippen molar-refractivity contribution in [2.24, 2.45) is 0 Å². The summed E-state index contributed by atoms with van der Waals surface area (Å²) in [4.78, 5) is 4.57. The second-order valence-corrected chi connectivity index (χ2v) is 11.8. The SMILES string of the molecule is CCOc1ccc(-c2cc3cccnc3n2COCCS(C)(C)C)cc1. The summed E-state index contributed by atoms with van der Waals surface area (Å²) < 4.78 is 13.7. The lowest BCUT2D eigenvalue weighted by Crippen LogP contribution is -2.11. The van der Waals surface area contributed by atoms with Crippen LogP contribution in [0.3, 0.4) is 0 Å². The molecule has 3 aromatic rings. The van der Waals surface area contributed by atoms with E-state index >= 15 is 0 Å². The molecule has 0 spiro atoms. The van der Waals surface area contributed by atoms with Crippen LogP contribution in [0.4, 0.5) is 0 Å². The van der Waals surface area contributed by atoms with Crippen molar-refractivity contribution in [1.82, 2.24) is 9.55 Å². The van der Waals surface area contributed by atoms with Gasteiger partial charge in [0.15, 0.2) is 0 Å². The zero-order valence-electron chi connectivity index (χ0n) is 16.1. The Labute approximate surface area is 157 Å². The van der Waals surface area contributed by atoms with Gasteiger partial charge in [0.1, 0.15) is 18.1 Å². The van der Waals surface area contributed by atoms with Crippen LogP contribution in [0.1, 0.15) is 6.92 Å². The minimum absolute atomic E-state index is 0.512.